The van der Waals surface area contributed by atoms with Crippen molar-refractivity contribution < 1.29 is 17.9 Å². The summed E-state index contributed by atoms with van der Waals surface area (Å²) in [5, 5.41) is -0.963. The Labute approximate surface area is 193 Å². The molecule has 2 aromatic carbocycles. The van der Waals surface area contributed by atoms with Gasteiger partial charge < -0.3 is 4.74 Å². The van der Waals surface area contributed by atoms with Crippen molar-refractivity contribution in [2.75, 3.05) is 20.6 Å². The average molecular weight is 509 g/mol. The van der Waals surface area contributed by atoms with Gasteiger partial charge in [-0.15, -0.1) is 0 Å². The molecule has 1 aliphatic rings. The lowest BCUT2D eigenvalue weighted by molar-refractivity contribution is -0.00236. The van der Waals surface area contributed by atoms with Crippen molar-refractivity contribution in [2.24, 2.45) is 0 Å². The summed E-state index contributed by atoms with van der Waals surface area (Å²) >= 11 is 3.37. The van der Waals surface area contributed by atoms with E-state index in [9.17, 15) is 13.2 Å². The second-order valence-electron chi connectivity index (χ2n) is 8.92. The number of ether oxygens (including phenoxy) is 1. The summed E-state index contributed by atoms with van der Waals surface area (Å²) in [5.74, 6) is 0. The van der Waals surface area contributed by atoms with Crippen molar-refractivity contribution in [1.29, 1.82) is 0 Å². The lowest BCUT2D eigenvalue weighted by Crippen LogP contribution is -2.53. The Morgan fingerprint density at radius 3 is 2.29 bits per heavy atom. The van der Waals surface area contributed by atoms with E-state index in [1.54, 1.807) is 68.9 Å². The minimum absolute atomic E-state index is 0.216. The third-order valence-electron chi connectivity index (χ3n) is 5.21. The molecular formula is C23H29BrN2O4S. The predicted octanol–water partition coefficient (Wildman–Crippen LogP) is 4.65. The Bertz CT molecular complexity index is 1050. The van der Waals surface area contributed by atoms with Crippen LogP contribution in [0.1, 0.15) is 37.1 Å². The van der Waals surface area contributed by atoms with Crippen LogP contribution in [0.5, 0.6) is 0 Å². The van der Waals surface area contributed by atoms with Gasteiger partial charge in [0.1, 0.15) is 17.0 Å². The van der Waals surface area contributed by atoms with Crippen LogP contribution in [-0.2, 0) is 21.0 Å². The molecule has 2 unspecified atom stereocenters. The molecule has 0 saturated heterocycles. The highest BCUT2D eigenvalue weighted by Gasteiger charge is 2.45. The number of fused-ring (bicyclic) bond motifs is 1. The van der Waals surface area contributed by atoms with Crippen LogP contribution >= 0.6 is 15.9 Å². The summed E-state index contributed by atoms with van der Waals surface area (Å²) < 4.78 is 34.4. The Morgan fingerprint density at radius 2 is 1.71 bits per heavy atom. The first-order chi connectivity index (χ1) is 14.4. The standard InChI is InChI=1S/C23H29BrN2O4S/c1-23(2,3)30-22(27)26-15-14-16-8-6-7-9-19(16)20(21(26)25(4)5)31(28,29)18-12-10-17(24)11-13-18/h6-13,20-21H,14-15H2,1-5H3. The number of halogens is 1. The number of benzene rings is 2. The summed E-state index contributed by atoms with van der Waals surface area (Å²) in [5.41, 5.74) is 0.953. The van der Waals surface area contributed by atoms with E-state index in [4.69, 9.17) is 4.74 Å². The second-order valence-corrected chi connectivity index (χ2v) is 11.9. The van der Waals surface area contributed by atoms with Crippen LogP contribution in [0.4, 0.5) is 4.79 Å². The van der Waals surface area contributed by atoms with Crippen LogP contribution in [0.25, 0.3) is 0 Å². The molecule has 1 heterocycles. The largest absolute Gasteiger partial charge is 0.444 e. The molecule has 31 heavy (non-hydrogen) atoms. The molecule has 0 aromatic heterocycles. The highest BCUT2D eigenvalue weighted by Crippen LogP contribution is 2.39. The molecule has 1 amide bonds. The molecular weight excluding hydrogens is 480 g/mol. The monoisotopic (exact) mass is 508 g/mol. The summed E-state index contributed by atoms with van der Waals surface area (Å²) in [6, 6.07) is 14.2. The fourth-order valence-corrected chi connectivity index (χ4v) is 6.25. The molecule has 0 bridgehead atoms. The van der Waals surface area contributed by atoms with Crippen LogP contribution in [0, 0.1) is 0 Å². The van der Waals surface area contributed by atoms with Gasteiger partial charge in [-0.3, -0.25) is 9.80 Å². The lowest BCUT2D eigenvalue weighted by atomic mass is 10.0. The van der Waals surface area contributed by atoms with Gasteiger partial charge in [0.2, 0.25) is 0 Å². The maximum atomic E-state index is 14.0. The van der Waals surface area contributed by atoms with Crippen molar-refractivity contribution in [3.8, 4) is 0 Å². The molecule has 0 fully saturated rings. The van der Waals surface area contributed by atoms with E-state index in [-0.39, 0.29) is 4.90 Å². The van der Waals surface area contributed by atoms with Gasteiger partial charge in [0.15, 0.2) is 9.84 Å². The molecule has 0 N–H and O–H groups in total. The molecule has 0 saturated carbocycles. The van der Waals surface area contributed by atoms with Crippen LogP contribution in [0.2, 0.25) is 0 Å². The highest BCUT2D eigenvalue weighted by atomic mass is 79.9. The van der Waals surface area contributed by atoms with Crippen LogP contribution < -0.4 is 0 Å². The number of hydrogen-bond acceptors (Lipinski definition) is 5. The summed E-state index contributed by atoms with van der Waals surface area (Å²) in [6.07, 6.45) is -0.700. The van der Waals surface area contributed by atoms with E-state index in [0.717, 1.165) is 15.6 Å². The van der Waals surface area contributed by atoms with E-state index in [2.05, 4.69) is 15.9 Å². The Hall–Kier alpha value is -1.90. The Morgan fingerprint density at radius 1 is 1.10 bits per heavy atom. The van der Waals surface area contributed by atoms with Crippen LogP contribution in [-0.4, -0.2) is 56.7 Å². The van der Waals surface area contributed by atoms with Crippen molar-refractivity contribution >= 4 is 31.9 Å². The second kappa shape index (κ2) is 8.92. The average Bonchev–Trinajstić information content (AvgIpc) is 2.84. The third-order valence-corrected chi connectivity index (χ3v) is 7.83. The number of carbonyl (C=O) groups excluding carboxylic acids is 1. The predicted molar refractivity (Wildman–Crippen MR) is 125 cm³/mol. The van der Waals surface area contributed by atoms with Crippen molar-refractivity contribution in [2.45, 2.75) is 49.1 Å². The molecule has 0 radical (unpaired) electrons. The zero-order chi connectivity index (χ0) is 23.0. The lowest BCUT2D eigenvalue weighted by Gasteiger charge is -2.39. The van der Waals surface area contributed by atoms with Crippen molar-refractivity contribution in [3.63, 3.8) is 0 Å². The molecule has 168 valence electrons. The first-order valence-corrected chi connectivity index (χ1v) is 12.5. The molecule has 0 aliphatic carbocycles. The minimum Gasteiger partial charge on any atom is -0.444 e. The fraction of sp³-hybridized carbons (Fsp3) is 0.435. The Balaban J connectivity index is 2.19. The number of likely N-dealkylation sites (N-methyl/N-ethyl adjacent to an activating group) is 1. The van der Waals surface area contributed by atoms with Gasteiger partial charge >= 0.3 is 6.09 Å². The number of hydrogen-bond donors (Lipinski definition) is 0. The molecule has 0 spiro atoms. The maximum Gasteiger partial charge on any atom is 0.411 e. The molecule has 3 rings (SSSR count). The summed E-state index contributed by atoms with van der Waals surface area (Å²) in [6.45, 7) is 5.77. The van der Waals surface area contributed by atoms with Gasteiger partial charge in [0.25, 0.3) is 0 Å². The number of amides is 1. The maximum absolute atomic E-state index is 14.0. The quantitative estimate of drug-likeness (QED) is 0.603. The highest BCUT2D eigenvalue weighted by molar-refractivity contribution is 9.10. The van der Waals surface area contributed by atoms with Gasteiger partial charge in [-0.2, -0.15) is 0 Å². The number of nitrogens with zero attached hydrogens (tertiary/aromatic N) is 2. The topological polar surface area (TPSA) is 66.9 Å². The SMILES string of the molecule is CN(C)C1C(S(=O)(=O)c2ccc(Br)cc2)c2ccccc2CCN1C(=O)OC(C)(C)C. The van der Waals surface area contributed by atoms with Gasteiger partial charge in [-0.25, -0.2) is 13.2 Å². The van der Waals surface area contributed by atoms with E-state index >= 15 is 0 Å². The van der Waals surface area contributed by atoms with E-state index in [1.807, 2.05) is 24.3 Å². The van der Waals surface area contributed by atoms with E-state index in [0.29, 0.717) is 13.0 Å². The fourth-order valence-electron chi connectivity index (χ4n) is 3.90. The van der Waals surface area contributed by atoms with Crippen molar-refractivity contribution in [3.05, 3.63) is 64.1 Å². The molecule has 8 heteroatoms. The Kier molecular flexibility index (Phi) is 6.84. The van der Waals surface area contributed by atoms with Crippen molar-refractivity contribution in [1.82, 2.24) is 9.80 Å². The third kappa shape index (κ3) is 5.13. The van der Waals surface area contributed by atoms with Crippen LogP contribution in [0.3, 0.4) is 0 Å². The first-order valence-electron chi connectivity index (χ1n) is 10.1. The zero-order valence-electron chi connectivity index (χ0n) is 18.5. The number of rotatable bonds is 3. The van der Waals surface area contributed by atoms with E-state index in [1.165, 1.54) is 0 Å². The van der Waals surface area contributed by atoms with Gasteiger partial charge in [-0.1, -0.05) is 40.2 Å². The van der Waals surface area contributed by atoms with Gasteiger partial charge in [0.05, 0.1) is 4.90 Å². The normalized spacial score (nSPS) is 19.6. The minimum atomic E-state index is -3.83. The summed E-state index contributed by atoms with van der Waals surface area (Å²) in [4.78, 5) is 16.7. The van der Waals surface area contributed by atoms with Crippen LogP contribution in [0.15, 0.2) is 57.9 Å². The van der Waals surface area contributed by atoms with E-state index < -0.39 is 32.9 Å². The molecule has 1 aliphatic heterocycles. The first kappa shape index (κ1) is 23.8. The zero-order valence-corrected chi connectivity index (χ0v) is 20.9. The number of carbonyl (C=O) groups is 1. The molecule has 6 nitrogen and oxygen atoms in total. The smallest absolute Gasteiger partial charge is 0.411 e. The van der Waals surface area contributed by atoms with Gasteiger partial charge in [0, 0.05) is 11.0 Å². The molecule has 2 aromatic rings. The summed E-state index contributed by atoms with van der Waals surface area (Å²) in [7, 11) is -0.248. The van der Waals surface area contributed by atoms with Gasteiger partial charge in [-0.05, 0) is 76.7 Å². The molecule has 2 atom stereocenters. The number of sulfone groups is 1.